The summed E-state index contributed by atoms with van der Waals surface area (Å²) in [5.41, 5.74) is 5.21. The van der Waals surface area contributed by atoms with E-state index in [4.69, 9.17) is 17.3 Å². The Hall–Kier alpha value is -1.63. The molecular weight excluding hydrogens is 268 g/mol. The van der Waals surface area contributed by atoms with E-state index >= 15 is 0 Å². The molecule has 1 saturated heterocycles. The van der Waals surface area contributed by atoms with Crippen molar-refractivity contribution in [2.24, 2.45) is 5.73 Å². The number of aromatic nitrogens is 3. The first kappa shape index (κ1) is 13.8. The average molecular weight is 285 g/mol. The highest BCUT2D eigenvalue weighted by atomic mass is 35.5. The molecule has 0 bridgehead atoms. The second-order valence-corrected chi connectivity index (χ2v) is 4.72. The maximum atomic E-state index is 11.0. The fourth-order valence-corrected chi connectivity index (χ4v) is 2.19. The number of anilines is 2. The molecule has 0 unspecified atom stereocenters. The normalized spacial score (nSPS) is 14.7. The largest absolute Gasteiger partial charge is 0.368 e. The second-order valence-electron chi connectivity index (χ2n) is 4.38. The minimum absolute atomic E-state index is 0.0658. The zero-order valence-electron chi connectivity index (χ0n) is 10.8. The maximum absolute atomic E-state index is 11.0. The van der Waals surface area contributed by atoms with E-state index in [1.165, 1.54) is 0 Å². The third-order valence-electron chi connectivity index (χ3n) is 2.98. The van der Waals surface area contributed by atoms with Crippen LogP contribution in [0.15, 0.2) is 0 Å². The van der Waals surface area contributed by atoms with Crippen LogP contribution < -0.4 is 15.5 Å². The van der Waals surface area contributed by atoms with Crippen molar-refractivity contribution in [1.82, 2.24) is 15.0 Å². The Kier molecular flexibility index (Phi) is 4.36. The summed E-state index contributed by atoms with van der Waals surface area (Å²) in [5, 5.41) is 0.134. The molecule has 7 nitrogen and oxygen atoms in total. The van der Waals surface area contributed by atoms with Crippen molar-refractivity contribution in [2.75, 3.05) is 36.0 Å². The van der Waals surface area contributed by atoms with E-state index in [0.29, 0.717) is 18.4 Å². The number of amides is 1. The van der Waals surface area contributed by atoms with Crippen molar-refractivity contribution in [3.8, 4) is 0 Å². The van der Waals surface area contributed by atoms with Gasteiger partial charge in [0.2, 0.25) is 23.1 Å². The van der Waals surface area contributed by atoms with Crippen molar-refractivity contribution >= 4 is 29.4 Å². The molecule has 0 atom stereocenters. The molecule has 2 rings (SSSR count). The van der Waals surface area contributed by atoms with E-state index in [2.05, 4.69) is 19.9 Å². The Morgan fingerprint density at radius 1 is 1.37 bits per heavy atom. The number of likely N-dealkylation sites (N-methyl/N-ethyl adjacent to an activating group) is 1. The predicted octanol–water partition coefficient (Wildman–Crippen LogP) is 0.437. The van der Waals surface area contributed by atoms with Crippen LogP contribution in [0.3, 0.4) is 0 Å². The number of rotatable bonds is 5. The molecule has 104 valence electrons. The smallest absolute Gasteiger partial charge is 0.237 e. The molecule has 1 aromatic heterocycles. The quantitative estimate of drug-likeness (QED) is 0.844. The lowest BCUT2D eigenvalue weighted by Gasteiger charge is -2.21. The number of nitrogens with two attached hydrogens (primary N) is 1. The number of hydrogen-bond acceptors (Lipinski definition) is 6. The van der Waals surface area contributed by atoms with Crippen molar-refractivity contribution in [1.29, 1.82) is 0 Å². The van der Waals surface area contributed by atoms with E-state index in [1.54, 1.807) is 4.90 Å². The first-order valence-corrected chi connectivity index (χ1v) is 6.67. The lowest BCUT2D eigenvalue weighted by atomic mass is 10.4. The van der Waals surface area contributed by atoms with Crippen LogP contribution in [0.5, 0.6) is 0 Å². The van der Waals surface area contributed by atoms with Crippen LogP contribution in [-0.4, -0.2) is 47.0 Å². The van der Waals surface area contributed by atoms with Gasteiger partial charge in [0.05, 0.1) is 6.54 Å². The Morgan fingerprint density at radius 3 is 2.63 bits per heavy atom. The van der Waals surface area contributed by atoms with Crippen LogP contribution in [0, 0.1) is 0 Å². The number of hydrogen-bond donors (Lipinski definition) is 1. The van der Waals surface area contributed by atoms with Gasteiger partial charge in [-0.3, -0.25) is 4.79 Å². The number of carbonyl (C=O) groups excluding carboxylic acids is 1. The standard InChI is InChI=1S/C11H17ClN6O/c1-2-17(7-8(13)19)10-14-9(12)15-11(16-10)18-5-3-4-6-18/h2-7H2,1H3,(H2,13,19). The molecule has 0 aliphatic carbocycles. The van der Waals surface area contributed by atoms with E-state index < -0.39 is 5.91 Å². The highest BCUT2D eigenvalue weighted by Crippen LogP contribution is 2.20. The Balaban J connectivity index is 2.26. The van der Waals surface area contributed by atoms with Gasteiger partial charge in [0, 0.05) is 19.6 Å². The van der Waals surface area contributed by atoms with Gasteiger partial charge in [-0.25, -0.2) is 0 Å². The molecule has 8 heteroatoms. The molecule has 0 saturated carbocycles. The molecule has 2 heterocycles. The van der Waals surface area contributed by atoms with Crippen LogP contribution in [0.4, 0.5) is 11.9 Å². The fourth-order valence-electron chi connectivity index (χ4n) is 2.04. The molecule has 0 radical (unpaired) electrons. The molecule has 1 aliphatic heterocycles. The van der Waals surface area contributed by atoms with Crippen LogP contribution >= 0.6 is 11.6 Å². The summed E-state index contributed by atoms with van der Waals surface area (Å²) >= 11 is 5.93. The first-order chi connectivity index (χ1) is 9.10. The van der Waals surface area contributed by atoms with Crippen molar-refractivity contribution < 1.29 is 4.79 Å². The van der Waals surface area contributed by atoms with Crippen LogP contribution in [0.2, 0.25) is 5.28 Å². The van der Waals surface area contributed by atoms with Crippen LogP contribution in [0.25, 0.3) is 0 Å². The van der Waals surface area contributed by atoms with Gasteiger partial charge in [0.15, 0.2) is 0 Å². The number of primary amides is 1. The van der Waals surface area contributed by atoms with Gasteiger partial charge in [0.25, 0.3) is 0 Å². The van der Waals surface area contributed by atoms with Crippen LogP contribution in [0.1, 0.15) is 19.8 Å². The molecule has 0 aromatic carbocycles. The molecule has 1 aliphatic rings. The van der Waals surface area contributed by atoms with E-state index in [-0.39, 0.29) is 11.8 Å². The Labute approximate surface area is 116 Å². The predicted molar refractivity (Wildman–Crippen MR) is 73.4 cm³/mol. The second kappa shape index (κ2) is 6.01. The summed E-state index contributed by atoms with van der Waals surface area (Å²) in [4.78, 5) is 27.4. The summed E-state index contributed by atoms with van der Waals surface area (Å²) < 4.78 is 0. The number of carbonyl (C=O) groups is 1. The molecule has 1 amide bonds. The van der Waals surface area contributed by atoms with Crippen molar-refractivity contribution in [3.63, 3.8) is 0 Å². The zero-order chi connectivity index (χ0) is 13.8. The summed E-state index contributed by atoms with van der Waals surface area (Å²) in [6, 6.07) is 0. The van der Waals surface area contributed by atoms with E-state index in [0.717, 1.165) is 25.9 Å². The molecule has 2 N–H and O–H groups in total. The van der Waals surface area contributed by atoms with Gasteiger partial charge >= 0.3 is 0 Å². The monoisotopic (exact) mass is 284 g/mol. The third kappa shape index (κ3) is 3.44. The van der Waals surface area contributed by atoms with Gasteiger partial charge in [-0.05, 0) is 31.4 Å². The Morgan fingerprint density at radius 2 is 2.05 bits per heavy atom. The van der Waals surface area contributed by atoms with Gasteiger partial charge in [-0.2, -0.15) is 15.0 Å². The van der Waals surface area contributed by atoms with Gasteiger partial charge in [-0.15, -0.1) is 0 Å². The highest BCUT2D eigenvalue weighted by Gasteiger charge is 2.19. The van der Waals surface area contributed by atoms with Crippen molar-refractivity contribution in [3.05, 3.63) is 5.28 Å². The SMILES string of the molecule is CCN(CC(N)=O)c1nc(Cl)nc(N2CCCC2)n1. The summed E-state index contributed by atoms with van der Waals surface area (Å²) in [6.45, 7) is 4.37. The fraction of sp³-hybridized carbons (Fsp3) is 0.636. The van der Waals surface area contributed by atoms with Crippen LogP contribution in [-0.2, 0) is 4.79 Å². The average Bonchev–Trinajstić information content (AvgIpc) is 2.88. The van der Waals surface area contributed by atoms with E-state index in [1.807, 2.05) is 6.92 Å². The summed E-state index contributed by atoms with van der Waals surface area (Å²) in [6.07, 6.45) is 2.24. The molecule has 19 heavy (non-hydrogen) atoms. The minimum Gasteiger partial charge on any atom is -0.368 e. The molecule has 0 spiro atoms. The number of halogens is 1. The lowest BCUT2D eigenvalue weighted by Crippen LogP contribution is -2.35. The maximum Gasteiger partial charge on any atom is 0.237 e. The molecular formula is C11H17ClN6O. The minimum atomic E-state index is -0.430. The highest BCUT2D eigenvalue weighted by molar-refractivity contribution is 6.28. The van der Waals surface area contributed by atoms with E-state index in [9.17, 15) is 4.79 Å². The van der Waals surface area contributed by atoms with Gasteiger partial charge < -0.3 is 15.5 Å². The van der Waals surface area contributed by atoms with Crippen molar-refractivity contribution in [2.45, 2.75) is 19.8 Å². The lowest BCUT2D eigenvalue weighted by molar-refractivity contribution is -0.116. The molecule has 1 fully saturated rings. The topological polar surface area (TPSA) is 88.2 Å². The first-order valence-electron chi connectivity index (χ1n) is 6.30. The van der Waals surface area contributed by atoms with Gasteiger partial charge in [-0.1, -0.05) is 0 Å². The summed E-state index contributed by atoms with van der Waals surface area (Å²) in [7, 11) is 0. The zero-order valence-corrected chi connectivity index (χ0v) is 11.6. The summed E-state index contributed by atoms with van der Waals surface area (Å²) in [5.74, 6) is 0.528. The number of nitrogens with zero attached hydrogens (tertiary/aromatic N) is 5. The van der Waals surface area contributed by atoms with Gasteiger partial charge in [0.1, 0.15) is 0 Å². The Bertz CT molecular complexity index is 462. The third-order valence-corrected chi connectivity index (χ3v) is 3.15. The molecule has 1 aromatic rings.